The zero-order chi connectivity index (χ0) is 26.1. The van der Waals surface area contributed by atoms with Crippen LogP contribution in [0.3, 0.4) is 0 Å². The average Bonchev–Trinajstić information content (AvgIpc) is 3.42. The third-order valence-corrected chi connectivity index (χ3v) is 6.79. The van der Waals surface area contributed by atoms with Gasteiger partial charge in [-0.2, -0.15) is 0 Å². The van der Waals surface area contributed by atoms with E-state index in [2.05, 4.69) is 0 Å². The van der Waals surface area contributed by atoms with Gasteiger partial charge in [0.15, 0.2) is 11.5 Å². The Morgan fingerprint density at radius 2 is 1.64 bits per heavy atom. The van der Waals surface area contributed by atoms with Gasteiger partial charge in [0, 0.05) is 23.0 Å². The maximum absolute atomic E-state index is 13.5. The molecule has 1 aromatic heterocycles. The van der Waals surface area contributed by atoms with E-state index < -0.39 is 0 Å². The molecule has 3 rings (SSSR count). The van der Waals surface area contributed by atoms with E-state index in [4.69, 9.17) is 14.2 Å². The van der Waals surface area contributed by atoms with Crippen LogP contribution in [0, 0.1) is 0 Å². The van der Waals surface area contributed by atoms with Crippen LogP contribution in [0.1, 0.15) is 34.6 Å². The summed E-state index contributed by atoms with van der Waals surface area (Å²) >= 11 is 1.61. The lowest BCUT2D eigenvalue weighted by Gasteiger charge is -2.30. The summed E-state index contributed by atoms with van der Waals surface area (Å²) in [5, 5.41) is 2.00. The molecule has 0 saturated carbocycles. The number of amides is 2. The number of nitrogens with zero attached hydrogens (tertiary/aromatic N) is 2. The fourth-order valence-electron chi connectivity index (χ4n) is 3.82. The molecule has 0 saturated heterocycles. The van der Waals surface area contributed by atoms with Crippen molar-refractivity contribution in [3.05, 3.63) is 76.0 Å². The molecule has 8 heteroatoms. The van der Waals surface area contributed by atoms with Crippen molar-refractivity contribution in [2.24, 2.45) is 0 Å². The molecule has 0 bridgehead atoms. The van der Waals surface area contributed by atoms with E-state index in [1.165, 1.54) is 0 Å². The Morgan fingerprint density at radius 1 is 0.917 bits per heavy atom. The van der Waals surface area contributed by atoms with Crippen LogP contribution in [0.15, 0.2) is 60.0 Å². The Morgan fingerprint density at radius 3 is 2.22 bits per heavy atom. The van der Waals surface area contributed by atoms with Crippen molar-refractivity contribution in [1.29, 1.82) is 0 Å². The highest BCUT2D eigenvalue weighted by Gasteiger charge is 2.25. The number of carbonyl (C=O) groups is 2. The number of ether oxygens (including phenoxy) is 3. The largest absolute Gasteiger partial charge is 0.497 e. The highest BCUT2D eigenvalue weighted by Crippen LogP contribution is 2.28. The van der Waals surface area contributed by atoms with Gasteiger partial charge in [0.2, 0.25) is 5.91 Å². The van der Waals surface area contributed by atoms with Crippen molar-refractivity contribution in [2.45, 2.75) is 32.9 Å². The van der Waals surface area contributed by atoms with Crippen molar-refractivity contribution >= 4 is 23.2 Å². The first kappa shape index (κ1) is 27.1. The zero-order valence-corrected chi connectivity index (χ0v) is 22.3. The van der Waals surface area contributed by atoms with Crippen molar-refractivity contribution in [2.75, 3.05) is 34.4 Å². The molecule has 36 heavy (non-hydrogen) atoms. The summed E-state index contributed by atoms with van der Waals surface area (Å²) in [5.41, 5.74) is 1.55. The number of rotatable bonds is 12. The van der Waals surface area contributed by atoms with Gasteiger partial charge in [0.1, 0.15) is 12.3 Å². The number of thiophene rings is 1. The van der Waals surface area contributed by atoms with E-state index in [0.717, 1.165) is 10.4 Å². The van der Waals surface area contributed by atoms with Crippen molar-refractivity contribution < 1.29 is 23.8 Å². The van der Waals surface area contributed by atoms with Crippen LogP contribution in [0.5, 0.6) is 17.2 Å². The lowest BCUT2D eigenvalue weighted by atomic mass is 10.1. The number of carbonyl (C=O) groups excluding carboxylic acids is 2. The Hall–Kier alpha value is -3.52. The smallest absolute Gasteiger partial charge is 0.254 e. The summed E-state index contributed by atoms with van der Waals surface area (Å²) in [6, 6.07) is 16.6. The second kappa shape index (κ2) is 13.0. The van der Waals surface area contributed by atoms with Crippen LogP contribution in [0.2, 0.25) is 0 Å². The summed E-state index contributed by atoms with van der Waals surface area (Å²) in [6.45, 7) is 4.84. The highest BCUT2D eigenvalue weighted by molar-refractivity contribution is 7.09. The number of methoxy groups -OCH3 is 3. The highest BCUT2D eigenvalue weighted by atomic mass is 32.1. The molecular weight excluding hydrogens is 476 g/mol. The normalized spacial score (nSPS) is 10.7. The number of benzene rings is 2. The average molecular weight is 511 g/mol. The van der Waals surface area contributed by atoms with Crippen molar-refractivity contribution in [1.82, 2.24) is 9.80 Å². The molecule has 0 spiro atoms. The molecule has 3 aromatic rings. The van der Waals surface area contributed by atoms with Crippen LogP contribution < -0.4 is 14.2 Å². The van der Waals surface area contributed by atoms with Gasteiger partial charge in [-0.05, 0) is 73.7 Å². The zero-order valence-electron chi connectivity index (χ0n) is 21.5. The first-order chi connectivity index (χ1) is 17.4. The fourth-order valence-corrected chi connectivity index (χ4v) is 4.54. The van der Waals surface area contributed by atoms with E-state index in [1.807, 2.05) is 54.5 Å². The van der Waals surface area contributed by atoms with E-state index in [1.54, 1.807) is 61.8 Å². The Kier molecular flexibility index (Phi) is 9.76. The minimum atomic E-state index is -0.183. The lowest BCUT2D eigenvalue weighted by molar-refractivity contribution is -0.132. The maximum atomic E-state index is 13.5. The van der Waals surface area contributed by atoms with E-state index in [0.29, 0.717) is 42.3 Å². The van der Waals surface area contributed by atoms with Gasteiger partial charge in [-0.3, -0.25) is 9.59 Å². The number of hydrogen-bond donors (Lipinski definition) is 0. The van der Waals surface area contributed by atoms with Gasteiger partial charge < -0.3 is 24.0 Å². The van der Waals surface area contributed by atoms with Crippen LogP contribution in [0.4, 0.5) is 0 Å². The third kappa shape index (κ3) is 7.01. The predicted octanol–water partition coefficient (Wildman–Crippen LogP) is 4.90. The molecule has 0 aliphatic rings. The monoisotopic (exact) mass is 510 g/mol. The fraction of sp³-hybridized carbons (Fsp3) is 0.357. The first-order valence-electron chi connectivity index (χ1n) is 11.8. The molecule has 2 aromatic carbocycles. The maximum Gasteiger partial charge on any atom is 0.254 e. The molecule has 0 fully saturated rings. The molecule has 2 amide bonds. The van der Waals surface area contributed by atoms with Crippen molar-refractivity contribution in [3.63, 3.8) is 0 Å². The van der Waals surface area contributed by atoms with Crippen molar-refractivity contribution in [3.8, 4) is 17.2 Å². The molecule has 7 nitrogen and oxygen atoms in total. The standard InChI is InChI=1S/C28H34N2O5S/c1-20(2)30(28(32)22-9-11-23(33-3)12-10-22)19-27(31)29(18-24-7-6-16-36-24)15-14-21-8-13-25(34-4)26(17-21)35-5/h6-13,16-17,20H,14-15,18-19H2,1-5H3. The van der Waals surface area contributed by atoms with Crippen LogP contribution in [0.25, 0.3) is 0 Å². The van der Waals surface area contributed by atoms with Gasteiger partial charge in [-0.25, -0.2) is 0 Å². The van der Waals surface area contributed by atoms with Gasteiger partial charge >= 0.3 is 0 Å². The van der Waals surface area contributed by atoms with E-state index >= 15 is 0 Å². The second-order valence-corrected chi connectivity index (χ2v) is 9.62. The molecule has 0 aliphatic heterocycles. The third-order valence-electron chi connectivity index (χ3n) is 5.92. The SMILES string of the molecule is COc1ccc(C(=O)N(CC(=O)N(CCc2ccc(OC)c(OC)c2)Cc2cccs2)C(C)C)cc1. The van der Waals surface area contributed by atoms with E-state index in [-0.39, 0.29) is 24.4 Å². The van der Waals surface area contributed by atoms with E-state index in [9.17, 15) is 9.59 Å². The first-order valence-corrected chi connectivity index (χ1v) is 12.7. The van der Waals surface area contributed by atoms with Gasteiger partial charge in [-0.15, -0.1) is 11.3 Å². The Labute approximate surface area is 217 Å². The predicted molar refractivity (Wildman–Crippen MR) is 142 cm³/mol. The topological polar surface area (TPSA) is 68.3 Å². The Balaban J connectivity index is 1.76. The molecular formula is C28H34N2O5S. The summed E-state index contributed by atoms with van der Waals surface area (Å²) in [4.78, 5) is 31.3. The lowest BCUT2D eigenvalue weighted by Crippen LogP contribution is -2.46. The van der Waals surface area contributed by atoms with Crippen LogP contribution in [-0.4, -0.2) is 62.1 Å². The summed E-state index contributed by atoms with van der Waals surface area (Å²) in [7, 11) is 4.79. The minimum Gasteiger partial charge on any atom is -0.497 e. The quantitative estimate of drug-likeness (QED) is 0.347. The Bertz CT molecular complexity index is 1130. The summed E-state index contributed by atoms with van der Waals surface area (Å²) in [5.74, 6) is 1.71. The molecule has 1 heterocycles. The van der Waals surface area contributed by atoms with Gasteiger partial charge in [-0.1, -0.05) is 12.1 Å². The van der Waals surface area contributed by atoms with Gasteiger partial charge in [0.25, 0.3) is 5.91 Å². The summed E-state index contributed by atoms with van der Waals surface area (Å²) < 4.78 is 15.9. The molecule has 0 aliphatic carbocycles. The molecule has 0 unspecified atom stereocenters. The summed E-state index contributed by atoms with van der Waals surface area (Å²) in [6.07, 6.45) is 0.644. The van der Waals surface area contributed by atoms with Crippen LogP contribution in [-0.2, 0) is 17.8 Å². The minimum absolute atomic E-state index is 0.000161. The molecule has 0 radical (unpaired) electrons. The van der Waals surface area contributed by atoms with Crippen LogP contribution >= 0.6 is 11.3 Å². The second-order valence-electron chi connectivity index (χ2n) is 8.59. The molecule has 0 atom stereocenters. The number of hydrogen-bond acceptors (Lipinski definition) is 6. The van der Waals surface area contributed by atoms with Gasteiger partial charge in [0.05, 0.1) is 27.9 Å². The molecule has 0 N–H and O–H groups in total. The molecule has 192 valence electrons.